The van der Waals surface area contributed by atoms with Crippen LogP contribution < -0.4 is 11.1 Å². The number of fused-ring (bicyclic) bond motifs is 1. The van der Waals surface area contributed by atoms with Crippen LogP contribution in [-0.4, -0.2) is 54.4 Å². The number of piperidine rings is 1. The predicted octanol–water partition coefficient (Wildman–Crippen LogP) is 1.40. The number of hydrogen-bond acceptors (Lipinski definition) is 5. The zero-order valence-electron chi connectivity index (χ0n) is 15.5. The number of rotatable bonds is 5. The molecule has 2 aromatic rings. The van der Waals surface area contributed by atoms with Crippen molar-refractivity contribution in [3.63, 3.8) is 0 Å². The molecule has 1 aromatic carbocycles. The number of benzene rings is 1. The van der Waals surface area contributed by atoms with Crippen molar-refractivity contribution < 1.29 is 19.1 Å². The molecule has 8 heteroatoms. The molecule has 1 aromatic heterocycles. The van der Waals surface area contributed by atoms with Gasteiger partial charge in [0.25, 0.3) is 0 Å². The summed E-state index contributed by atoms with van der Waals surface area (Å²) in [5, 5.41) is 3.60. The van der Waals surface area contributed by atoms with Gasteiger partial charge < -0.3 is 20.8 Å². The number of carbonyl (C=O) groups is 3. The van der Waals surface area contributed by atoms with Crippen molar-refractivity contribution in [1.29, 1.82) is 0 Å². The third-order valence-corrected chi connectivity index (χ3v) is 4.97. The van der Waals surface area contributed by atoms with Crippen LogP contribution in [0.1, 0.15) is 28.9 Å². The van der Waals surface area contributed by atoms with E-state index in [-0.39, 0.29) is 30.0 Å². The first-order chi connectivity index (χ1) is 12.9. The Morgan fingerprint density at radius 2 is 2.00 bits per heavy atom. The van der Waals surface area contributed by atoms with Crippen molar-refractivity contribution in [3.8, 4) is 0 Å². The standard InChI is InChI=1S/C19H24N4O4/c1-11-3-4-13-14(9-11)21-17(19(26)27-2)16(13)22-15(24)10-23-7-5-12(6-8-23)18(20)25/h3-4,9,12,21H,5-8,10H2,1-2H3,(H2,20,25)(H,22,24). The smallest absolute Gasteiger partial charge is 0.356 e. The Labute approximate surface area is 157 Å². The van der Waals surface area contributed by atoms with Gasteiger partial charge in [-0.3, -0.25) is 14.5 Å². The minimum atomic E-state index is -0.540. The van der Waals surface area contributed by atoms with Gasteiger partial charge in [-0.2, -0.15) is 0 Å². The molecule has 8 nitrogen and oxygen atoms in total. The van der Waals surface area contributed by atoms with Crippen molar-refractivity contribution in [2.24, 2.45) is 11.7 Å². The summed E-state index contributed by atoms with van der Waals surface area (Å²) in [6.45, 7) is 3.41. The predicted molar refractivity (Wildman–Crippen MR) is 101 cm³/mol. The number of aryl methyl sites for hydroxylation is 1. The number of primary amides is 1. The number of carbonyl (C=O) groups excluding carboxylic acids is 3. The zero-order chi connectivity index (χ0) is 19.6. The highest BCUT2D eigenvalue weighted by Gasteiger charge is 2.25. The number of esters is 1. The minimum Gasteiger partial charge on any atom is -0.464 e. The summed E-state index contributed by atoms with van der Waals surface area (Å²) in [5.74, 6) is -1.16. The van der Waals surface area contributed by atoms with Crippen LogP contribution in [0.4, 0.5) is 5.69 Å². The Kier molecular flexibility index (Phi) is 5.46. The third kappa shape index (κ3) is 4.11. The second-order valence-electron chi connectivity index (χ2n) is 6.92. The second-order valence-corrected chi connectivity index (χ2v) is 6.92. The molecule has 4 N–H and O–H groups in total. The number of ether oxygens (including phenoxy) is 1. The van der Waals surface area contributed by atoms with Crippen molar-refractivity contribution in [1.82, 2.24) is 9.88 Å². The van der Waals surface area contributed by atoms with Crippen LogP contribution in [0.2, 0.25) is 0 Å². The fraction of sp³-hybridized carbons (Fsp3) is 0.421. The summed E-state index contributed by atoms with van der Waals surface area (Å²) in [4.78, 5) is 40.9. The van der Waals surface area contributed by atoms with Gasteiger partial charge in [-0.05, 0) is 44.5 Å². The van der Waals surface area contributed by atoms with Gasteiger partial charge in [-0.25, -0.2) is 4.79 Å². The number of H-pyrrole nitrogens is 1. The molecule has 0 atom stereocenters. The molecule has 27 heavy (non-hydrogen) atoms. The summed E-state index contributed by atoms with van der Waals surface area (Å²) in [5.41, 5.74) is 7.78. The van der Waals surface area contributed by atoms with Gasteiger partial charge in [-0.1, -0.05) is 12.1 Å². The fourth-order valence-electron chi connectivity index (χ4n) is 3.45. The molecule has 0 spiro atoms. The molecular weight excluding hydrogens is 348 g/mol. The molecule has 3 rings (SSSR count). The Morgan fingerprint density at radius 1 is 1.30 bits per heavy atom. The molecule has 1 saturated heterocycles. The largest absolute Gasteiger partial charge is 0.464 e. The quantitative estimate of drug-likeness (QED) is 0.686. The number of nitrogens with zero attached hydrogens (tertiary/aromatic N) is 1. The molecule has 0 bridgehead atoms. The Hall–Kier alpha value is -2.87. The van der Waals surface area contributed by atoms with Crippen molar-refractivity contribution >= 4 is 34.4 Å². The summed E-state index contributed by atoms with van der Waals surface area (Å²) in [7, 11) is 1.30. The van der Waals surface area contributed by atoms with Crippen LogP contribution in [0.15, 0.2) is 18.2 Å². The molecule has 0 radical (unpaired) electrons. The lowest BCUT2D eigenvalue weighted by molar-refractivity contribution is -0.123. The number of likely N-dealkylation sites (tertiary alicyclic amines) is 1. The Morgan fingerprint density at radius 3 is 2.63 bits per heavy atom. The Bertz CT molecular complexity index is 881. The number of nitrogens with two attached hydrogens (primary N) is 1. The van der Waals surface area contributed by atoms with Crippen molar-refractivity contribution in [2.75, 3.05) is 32.1 Å². The molecule has 1 aliphatic heterocycles. The number of methoxy groups -OCH3 is 1. The van der Waals surface area contributed by atoms with Gasteiger partial charge in [0.05, 0.1) is 19.3 Å². The number of anilines is 1. The molecule has 1 fully saturated rings. The maximum Gasteiger partial charge on any atom is 0.356 e. The van der Waals surface area contributed by atoms with Gasteiger partial charge >= 0.3 is 5.97 Å². The van der Waals surface area contributed by atoms with E-state index >= 15 is 0 Å². The maximum absolute atomic E-state index is 12.6. The number of nitrogens with one attached hydrogen (secondary N) is 2. The van der Waals surface area contributed by atoms with Crippen LogP contribution >= 0.6 is 0 Å². The van der Waals surface area contributed by atoms with Gasteiger partial charge in [0.2, 0.25) is 11.8 Å². The molecule has 0 saturated carbocycles. The molecular formula is C19H24N4O4. The highest BCUT2D eigenvalue weighted by Crippen LogP contribution is 2.29. The van der Waals surface area contributed by atoms with E-state index in [1.54, 1.807) is 0 Å². The van der Waals surface area contributed by atoms with E-state index in [0.29, 0.717) is 31.6 Å². The SMILES string of the molecule is COC(=O)c1[nH]c2cc(C)ccc2c1NC(=O)CN1CCC(C(N)=O)CC1. The van der Waals surface area contributed by atoms with E-state index in [1.165, 1.54) is 7.11 Å². The molecule has 0 aliphatic carbocycles. The average molecular weight is 372 g/mol. The third-order valence-electron chi connectivity index (χ3n) is 4.97. The lowest BCUT2D eigenvalue weighted by Gasteiger charge is -2.29. The lowest BCUT2D eigenvalue weighted by Crippen LogP contribution is -2.42. The van der Waals surface area contributed by atoms with Crippen LogP contribution in [0.5, 0.6) is 0 Å². The normalized spacial score (nSPS) is 15.6. The van der Waals surface area contributed by atoms with Crippen molar-refractivity contribution in [2.45, 2.75) is 19.8 Å². The van der Waals surface area contributed by atoms with Gasteiger partial charge in [0.1, 0.15) is 5.69 Å². The van der Waals surface area contributed by atoms with Gasteiger partial charge in [0.15, 0.2) is 0 Å². The van der Waals surface area contributed by atoms with Gasteiger partial charge in [-0.15, -0.1) is 0 Å². The Balaban J connectivity index is 1.74. The summed E-state index contributed by atoms with van der Waals surface area (Å²) in [6, 6.07) is 5.69. The maximum atomic E-state index is 12.6. The first-order valence-corrected chi connectivity index (χ1v) is 8.91. The number of aromatic amines is 1. The van der Waals surface area contributed by atoms with E-state index in [0.717, 1.165) is 16.5 Å². The number of aromatic nitrogens is 1. The molecule has 2 amide bonds. The summed E-state index contributed by atoms with van der Waals surface area (Å²) in [6.07, 6.45) is 1.31. The number of hydrogen-bond donors (Lipinski definition) is 3. The first kappa shape index (κ1) is 18.9. The summed E-state index contributed by atoms with van der Waals surface area (Å²) < 4.78 is 4.83. The van der Waals surface area contributed by atoms with Crippen LogP contribution in [0, 0.1) is 12.8 Å². The van der Waals surface area contributed by atoms with Crippen LogP contribution in [0.25, 0.3) is 10.9 Å². The van der Waals surface area contributed by atoms with E-state index in [9.17, 15) is 14.4 Å². The van der Waals surface area contributed by atoms with Crippen LogP contribution in [0.3, 0.4) is 0 Å². The van der Waals surface area contributed by atoms with E-state index < -0.39 is 5.97 Å². The van der Waals surface area contributed by atoms with Crippen molar-refractivity contribution in [3.05, 3.63) is 29.5 Å². The summed E-state index contributed by atoms with van der Waals surface area (Å²) >= 11 is 0. The molecule has 2 heterocycles. The fourth-order valence-corrected chi connectivity index (χ4v) is 3.45. The van der Waals surface area contributed by atoms with Gasteiger partial charge in [0, 0.05) is 16.8 Å². The van der Waals surface area contributed by atoms with E-state index in [4.69, 9.17) is 10.5 Å². The first-order valence-electron chi connectivity index (χ1n) is 8.91. The highest BCUT2D eigenvalue weighted by molar-refractivity contribution is 6.11. The number of amides is 2. The average Bonchev–Trinajstić information content (AvgIpc) is 2.98. The minimum absolute atomic E-state index is 0.118. The highest BCUT2D eigenvalue weighted by atomic mass is 16.5. The zero-order valence-corrected chi connectivity index (χ0v) is 15.5. The topological polar surface area (TPSA) is 118 Å². The van der Waals surface area contributed by atoms with E-state index in [2.05, 4.69) is 10.3 Å². The second kappa shape index (κ2) is 7.79. The van der Waals surface area contributed by atoms with E-state index in [1.807, 2.05) is 30.0 Å². The molecule has 1 aliphatic rings. The monoisotopic (exact) mass is 372 g/mol. The molecule has 0 unspecified atom stereocenters. The molecule has 144 valence electrons. The lowest BCUT2D eigenvalue weighted by atomic mass is 9.96. The van der Waals surface area contributed by atoms with Crippen LogP contribution in [-0.2, 0) is 14.3 Å².